The summed E-state index contributed by atoms with van der Waals surface area (Å²) in [5, 5.41) is 13.6. The summed E-state index contributed by atoms with van der Waals surface area (Å²) < 4.78 is 2.05. The number of nitriles is 1. The van der Waals surface area contributed by atoms with Crippen molar-refractivity contribution in [2.24, 2.45) is 5.92 Å². The van der Waals surface area contributed by atoms with Gasteiger partial charge in [-0.05, 0) is 30.2 Å². The van der Waals surface area contributed by atoms with E-state index in [1.807, 2.05) is 6.20 Å². The molecule has 19 heavy (non-hydrogen) atoms. The molecular weight excluding hydrogens is 236 g/mol. The van der Waals surface area contributed by atoms with Gasteiger partial charge in [0.05, 0.1) is 18.7 Å². The first kappa shape index (κ1) is 12.7. The summed E-state index contributed by atoms with van der Waals surface area (Å²) in [5.74, 6) is 1.42. The van der Waals surface area contributed by atoms with Gasteiger partial charge in [-0.15, -0.1) is 0 Å². The van der Waals surface area contributed by atoms with E-state index in [2.05, 4.69) is 40.8 Å². The summed E-state index contributed by atoms with van der Waals surface area (Å²) in [5.41, 5.74) is 1.19. The number of rotatable bonds is 5. The number of nitrogens with zero attached hydrogens (tertiary/aromatic N) is 4. The highest BCUT2D eigenvalue weighted by molar-refractivity contribution is 5.14. The number of likely N-dealkylation sites (tertiary alicyclic amines) is 1. The minimum absolute atomic E-state index is 0.0726. The molecule has 0 amide bonds. The van der Waals surface area contributed by atoms with E-state index in [1.165, 1.54) is 24.9 Å². The standard InChI is InChI=1S/C15H22N4/c1-12(2)14-7-17-19(9-14)15(5-6-16)10-18(11-15)8-13-3-4-13/h7,9,12-13H,3-5,8,10-11H2,1-2H3. The van der Waals surface area contributed by atoms with Gasteiger partial charge in [-0.2, -0.15) is 10.4 Å². The van der Waals surface area contributed by atoms with Crippen molar-refractivity contribution in [3.8, 4) is 6.07 Å². The van der Waals surface area contributed by atoms with Gasteiger partial charge in [-0.3, -0.25) is 9.58 Å². The molecule has 0 radical (unpaired) electrons. The molecule has 4 heteroatoms. The fourth-order valence-electron chi connectivity index (χ4n) is 2.96. The topological polar surface area (TPSA) is 44.9 Å². The summed E-state index contributed by atoms with van der Waals surface area (Å²) in [6, 6.07) is 2.35. The highest BCUT2D eigenvalue weighted by Crippen LogP contribution is 2.37. The van der Waals surface area contributed by atoms with Crippen LogP contribution in [0.25, 0.3) is 0 Å². The van der Waals surface area contributed by atoms with Gasteiger partial charge in [0.1, 0.15) is 5.54 Å². The van der Waals surface area contributed by atoms with E-state index in [9.17, 15) is 0 Å². The third-order valence-corrected chi connectivity index (χ3v) is 4.41. The maximum Gasteiger partial charge on any atom is 0.101 e. The van der Waals surface area contributed by atoms with Gasteiger partial charge in [-0.1, -0.05) is 13.8 Å². The van der Waals surface area contributed by atoms with Gasteiger partial charge in [0, 0.05) is 25.8 Å². The Morgan fingerprint density at radius 1 is 1.47 bits per heavy atom. The second-order valence-electron chi connectivity index (χ2n) is 6.55. The molecule has 1 aromatic heterocycles. The Hall–Kier alpha value is -1.34. The maximum atomic E-state index is 9.12. The Labute approximate surface area is 115 Å². The fraction of sp³-hybridized carbons (Fsp3) is 0.733. The monoisotopic (exact) mass is 258 g/mol. The van der Waals surface area contributed by atoms with Gasteiger partial charge in [0.15, 0.2) is 0 Å². The number of hydrogen-bond acceptors (Lipinski definition) is 3. The van der Waals surface area contributed by atoms with Crippen molar-refractivity contribution < 1.29 is 0 Å². The molecule has 102 valence electrons. The molecule has 1 aliphatic heterocycles. The Balaban J connectivity index is 1.71. The lowest BCUT2D eigenvalue weighted by atomic mass is 9.86. The minimum Gasteiger partial charge on any atom is -0.298 e. The summed E-state index contributed by atoms with van der Waals surface area (Å²) in [6.45, 7) is 7.54. The smallest absolute Gasteiger partial charge is 0.101 e. The summed E-state index contributed by atoms with van der Waals surface area (Å²) in [7, 11) is 0. The molecule has 0 unspecified atom stereocenters. The SMILES string of the molecule is CC(C)c1cnn(C2(CC#N)CN(CC3CC3)C2)c1. The first-order valence-electron chi connectivity index (χ1n) is 7.27. The zero-order valence-electron chi connectivity index (χ0n) is 11.8. The molecule has 1 aliphatic carbocycles. The zero-order valence-corrected chi connectivity index (χ0v) is 11.8. The molecule has 0 spiro atoms. The van der Waals surface area contributed by atoms with E-state index in [4.69, 9.17) is 5.26 Å². The summed E-state index contributed by atoms with van der Waals surface area (Å²) in [6.07, 6.45) is 7.43. The lowest BCUT2D eigenvalue weighted by Crippen LogP contribution is -2.62. The summed E-state index contributed by atoms with van der Waals surface area (Å²) >= 11 is 0. The van der Waals surface area contributed by atoms with Crippen LogP contribution in [0.5, 0.6) is 0 Å². The molecule has 1 saturated carbocycles. The lowest BCUT2D eigenvalue weighted by molar-refractivity contribution is 0.00208. The average Bonchev–Trinajstić information content (AvgIpc) is 3.00. The van der Waals surface area contributed by atoms with E-state index >= 15 is 0 Å². The molecule has 1 saturated heterocycles. The van der Waals surface area contributed by atoms with Crippen LogP contribution in [0.4, 0.5) is 0 Å². The maximum absolute atomic E-state index is 9.12. The van der Waals surface area contributed by atoms with Crippen molar-refractivity contribution in [3.05, 3.63) is 18.0 Å². The van der Waals surface area contributed by atoms with Crippen LogP contribution < -0.4 is 0 Å². The zero-order chi connectivity index (χ0) is 13.5. The van der Waals surface area contributed by atoms with Gasteiger partial charge in [0.25, 0.3) is 0 Å². The van der Waals surface area contributed by atoms with Gasteiger partial charge in [0.2, 0.25) is 0 Å². The Morgan fingerprint density at radius 2 is 2.21 bits per heavy atom. The molecule has 1 aromatic rings. The van der Waals surface area contributed by atoms with Crippen LogP contribution in [0.15, 0.2) is 12.4 Å². The van der Waals surface area contributed by atoms with E-state index in [0.717, 1.165) is 19.0 Å². The van der Waals surface area contributed by atoms with Crippen LogP contribution in [-0.4, -0.2) is 34.3 Å². The highest BCUT2D eigenvalue weighted by Gasteiger charge is 2.46. The molecule has 2 fully saturated rings. The highest BCUT2D eigenvalue weighted by atomic mass is 15.4. The summed E-state index contributed by atoms with van der Waals surface area (Å²) in [4.78, 5) is 2.48. The average molecular weight is 258 g/mol. The van der Waals surface area contributed by atoms with E-state index < -0.39 is 0 Å². The third kappa shape index (κ3) is 2.40. The van der Waals surface area contributed by atoms with Crippen LogP contribution in [0.3, 0.4) is 0 Å². The Kier molecular flexibility index (Phi) is 3.10. The van der Waals surface area contributed by atoms with Crippen LogP contribution in [0, 0.1) is 17.2 Å². The number of hydrogen-bond donors (Lipinski definition) is 0. The molecule has 3 rings (SSSR count). The van der Waals surface area contributed by atoms with Crippen molar-refractivity contribution in [2.45, 2.75) is 44.6 Å². The minimum atomic E-state index is -0.0726. The molecule has 0 bridgehead atoms. The lowest BCUT2D eigenvalue weighted by Gasteiger charge is -2.49. The second-order valence-corrected chi connectivity index (χ2v) is 6.55. The molecule has 4 nitrogen and oxygen atoms in total. The van der Waals surface area contributed by atoms with Crippen molar-refractivity contribution >= 4 is 0 Å². The molecule has 2 heterocycles. The quantitative estimate of drug-likeness (QED) is 0.814. The molecule has 2 aliphatic rings. The molecule has 0 N–H and O–H groups in total. The van der Waals surface area contributed by atoms with Crippen LogP contribution in [0.1, 0.15) is 44.6 Å². The predicted molar refractivity (Wildman–Crippen MR) is 73.7 cm³/mol. The molecule has 0 aromatic carbocycles. The normalized spacial score (nSPS) is 22.2. The van der Waals surface area contributed by atoms with E-state index in [0.29, 0.717) is 12.3 Å². The third-order valence-electron chi connectivity index (χ3n) is 4.41. The van der Waals surface area contributed by atoms with Crippen molar-refractivity contribution in [1.29, 1.82) is 5.26 Å². The Morgan fingerprint density at radius 3 is 2.74 bits per heavy atom. The van der Waals surface area contributed by atoms with Crippen molar-refractivity contribution in [3.63, 3.8) is 0 Å². The first-order chi connectivity index (χ1) is 9.13. The number of aromatic nitrogens is 2. The van der Waals surface area contributed by atoms with Gasteiger partial charge in [-0.25, -0.2) is 0 Å². The van der Waals surface area contributed by atoms with Crippen LogP contribution in [-0.2, 0) is 5.54 Å². The van der Waals surface area contributed by atoms with Crippen molar-refractivity contribution in [2.75, 3.05) is 19.6 Å². The van der Waals surface area contributed by atoms with E-state index in [-0.39, 0.29) is 5.54 Å². The molecular formula is C15H22N4. The van der Waals surface area contributed by atoms with Crippen LogP contribution in [0.2, 0.25) is 0 Å². The largest absolute Gasteiger partial charge is 0.298 e. The van der Waals surface area contributed by atoms with Crippen molar-refractivity contribution in [1.82, 2.24) is 14.7 Å². The molecule has 0 atom stereocenters. The first-order valence-corrected chi connectivity index (χ1v) is 7.27. The fourth-order valence-corrected chi connectivity index (χ4v) is 2.96. The Bertz CT molecular complexity index is 486. The second kappa shape index (κ2) is 4.64. The van der Waals surface area contributed by atoms with Gasteiger partial charge < -0.3 is 0 Å². The predicted octanol–water partition coefficient (Wildman–Crippen LogP) is 2.34. The van der Waals surface area contributed by atoms with Gasteiger partial charge >= 0.3 is 0 Å². The van der Waals surface area contributed by atoms with E-state index in [1.54, 1.807) is 0 Å². The van der Waals surface area contributed by atoms with Crippen LogP contribution >= 0.6 is 0 Å².